The molecule has 0 aliphatic rings. The number of hydrogen-bond donors (Lipinski definition) is 1. The van der Waals surface area contributed by atoms with Crippen LogP contribution in [0.25, 0.3) is 10.9 Å². The normalized spacial score (nSPS) is 10.6. The Morgan fingerprint density at radius 3 is 2.71 bits per heavy atom. The highest BCUT2D eigenvalue weighted by molar-refractivity contribution is 5.94. The molecule has 4 nitrogen and oxygen atoms in total. The molecule has 0 saturated heterocycles. The van der Waals surface area contributed by atoms with Gasteiger partial charge in [-0.05, 0) is 24.3 Å². The molecule has 21 heavy (non-hydrogen) atoms. The molecule has 0 radical (unpaired) electrons. The van der Waals surface area contributed by atoms with Crippen molar-refractivity contribution in [3.05, 3.63) is 54.5 Å². The van der Waals surface area contributed by atoms with Crippen LogP contribution in [0, 0.1) is 5.82 Å². The number of halogens is 1. The van der Waals surface area contributed by atoms with Gasteiger partial charge in [-0.1, -0.05) is 6.07 Å². The lowest BCUT2D eigenvalue weighted by Gasteiger charge is -2.11. The Morgan fingerprint density at radius 1 is 1.10 bits per heavy atom. The monoisotopic (exact) mass is 284 g/mol. The first-order valence-corrected chi connectivity index (χ1v) is 6.33. The second kappa shape index (κ2) is 5.28. The zero-order chi connectivity index (χ0) is 14.8. The second-order valence-corrected chi connectivity index (χ2v) is 4.46. The maximum atomic E-state index is 14.2. The number of nitrogens with zero attached hydrogens (tertiary/aromatic N) is 1. The van der Waals surface area contributed by atoms with Gasteiger partial charge in [0.05, 0.1) is 7.11 Å². The number of nitrogens with two attached hydrogens (primary N) is 1. The summed E-state index contributed by atoms with van der Waals surface area (Å²) in [6.45, 7) is 0. The van der Waals surface area contributed by atoms with Gasteiger partial charge < -0.3 is 15.2 Å². The van der Waals surface area contributed by atoms with Gasteiger partial charge in [-0.15, -0.1) is 0 Å². The number of anilines is 1. The fourth-order valence-electron chi connectivity index (χ4n) is 2.09. The van der Waals surface area contributed by atoms with Crippen LogP contribution in [0.1, 0.15) is 0 Å². The Labute approximate surface area is 120 Å². The highest BCUT2D eigenvalue weighted by Gasteiger charge is 2.14. The van der Waals surface area contributed by atoms with Crippen LogP contribution in [0.4, 0.5) is 10.1 Å². The molecule has 1 aromatic heterocycles. The molecule has 2 N–H and O–H groups in total. The third-order valence-electron chi connectivity index (χ3n) is 3.09. The molecule has 0 saturated carbocycles. The van der Waals surface area contributed by atoms with Crippen molar-refractivity contribution in [1.82, 2.24) is 4.98 Å². The number of benzene rings is 2. The maximum Gasteiger partial charge on any atom is 0.189 e. The zero-order valence-electron chi connectivity index (χ0n) is 11.3. The lowest BCUT2D eigenvalue weighted by Crippen LogP contribution is -1.96. The van der Waals surface area contributed by atoms with Crippen molar-refractivity contribution < 1.29 is 13.9 Å². The van der Waals surface area contributed by atoms with E-state index in [9.17, 15) is 4.39 Å². The smallest absolute Gasteiger partial charge is 0.189 e. The maximum absolute atomic E-state index is 14.2. The topological polar surface area (TPSA) is 57.4 Å². The van der Waals surface area contributed by atoms with Gasteiger partial charge in [-0.2, -0.15) is 0 Å². The minimum Gasteiger partial charge on any atom is -0.497 e. The fourth-order valence-corrected chi connectivity index (χ4v) is 2.09. The van der Waals surface area contributed by atoms with Gasteiger partial charge in [0, 0.05) is 29.4 Å². The van der Waals surface area contributed by atoms with E-state index < -0.39 is 5.82 Å². The second-order valence-electron chi connectivity index (χ2n) is 4.46. The van der Waals surface area contributed by atoms with Crippen molar-refractivity contribution in [1.29, 1.82) is 0 Å². The molecule has 0 aliphatic heterocycles. The number of ether oxygens (including phenoxy) is 2. The van der Waals surface area contributed by atoms with Crippen LogP contribution in [0.3, 0.4) is 0 Å². The first-order chi connectivity index (χ1) is 10.2. The molecule has 0 bridgehead atoms. The Morgan fingerprint density at radius 2 is 1.90 bits per heavy atom. The Hall–Kier alpha value is -2.82. The van der Waals surface area contributed by atoms with Crippen LogP contribution >= 0.6 is 0 Å². The molecule has 0 aliphatic carbocycles. The van der Waals surface area contributed by atoms with Crippen LogP contribution < -0.4 is 15.2 Å². The first kappa shape index (κ1) is 13.2. The van der Waals surface area contributed by atoms with Gasteiger partial charge >= 0.3 is 0 Å². The summed E-state index contributed by atoms with van der Waals surface area (Å²) in [4.78, 5) is 4.17. The molecular weight excluding hydrogens is 271 g/mol. The predicted octanol–water partition coefficient (Wildman–Crippen LogP) is 3.76. The molecular formula is C16H13FN2O2. The van der Waals surface area contributed by atoms with Crippen molar-refractivity contribution >= 4 is 16.6 Å². The lowest BCUT2D eigenvalue weighted by molar-refractivity contribution is 0.406. The van der Waals surface area contributed by atoms with Crippen molar-refractivity contribution in [3.63, 3.8) is 0 Å². The molecule has 1 heterocycles. The van der Waals surface area contributed by atoms with Crippen molar-refractivity contribution in [2.75, 3.05) is 12.8 Å². The molecule has 0 amide bonds. The summed E-state index contributed by atoms with van der Waals surface area (Å²) < 4.78 is 24.9. The number of fused-ring (bicyclic) bond motifs is 1. The van der Waals surface area contributed by atoms with E-state index in [0.717, 1.165) is 0 Å². The minimum atomic E-state index is -0.554. The molecule has 5 heteroatoms. The third-order valence-corrected chi connectivity index (χ3v) is 3.09. The molecule has 0 atom stereocenters. The van der Waals surface area contributed by atoms with Gasteiger partial charge in [-0.25, -0.2) is 4.39 Å². The average Bonchev–Trinajstić information content (AvgIpc) is 2.51. The van der Waals surface area contributed by atoms with Gasteiger partial charge in [0.25, 0.3) is 0 Å². The van der Waals surface area contributed by atoms with E-state index in [1.165, 1.54) is 6.07 Å². The van der Waals surface area contributed by atoms with Crippen molar-refractivity contribution in [3.8, 4) is 17.2 Å². The fraction of sp³-hybridized carbons (Fsp3) is 0.0625. The Balaban J connectivity index is 2.11. The highest BCUT2D eigenvalue weighted by Crippen LogP contribution is 2.35. The number of pyridine rings is 1. The number of hydrogen-bond acceptors (Lipinski definition) is 4. The number of nitrogen functional groups attached to an aromatic ring is 1. The molecule has 0 unspecified atom stereocenters. The number of aromatic nitrogens is 1. The van der Waals surface area contributed by atoms with Crippen LogP contribution in [0.15, 0.2) is 48.7 Å². The predicted molar refractivity (Wildman–Crippen MR) is 79.2 cm³/mol. The highest BCUT2D eigenvalue weighted by atomic mass is 19.1. The summed E-state index contributed by atoms with van der Waals surface area (Å²) in [7, 11) is 1.56. The third kappa shape index (κ3) is 2.45. The summed E-state index contributed by atoms with van der Waals surface area (Å²) in [5.41, 5.74) is 6.52. The standard InChI is InChI=1S/C16H13FN2O2/c1-20-10-4-2-5-11(8-10)21-16-13(17)9-14(18)12-6-3-7-19-15(12)16/h2-9H,18H2,1H3. The largest absolute Gasteiger partial charge is 0.497 e. The van der Waals surface area contributed by atoms with Crippen LogP contribution in [0.2, 0.25) is 0 Å². The molecule has 106 valence electrons. The summed E-state index contributed by atoms with van der Waals surface area (Å²) in [5, 5.41) is 0.650. The molecule has 0 fully saturated rings. The van der Waals surface area contributed by atoms with Crippen LogP contribution in [-0.4, -0.2) is 12.1 Å². The Kier molecular flexibility index (Phi) is 3.31. The Bertz CT molecular complexity index is 805. The van der Waals surface area contributed by atoms with E-state index in [0.29, 0.717) is 28.1 Å². The first-order valence-electron chi connectivity index (χ1n) is 6.33. The molecule has 3 rings (SSSR count). The molecule has 3 aromatic rings. The SMILES string of the molecule is COc1cccc(Oc2c(F)cc(N)c3cccnc23)c1. The van der Waals surface area contributed by atoms with Crippen molar-refractivity contribution in [2.45, 2.75) is 0 Å². The van der Waals surface area contributed by atoms with Crippen molar-refractivity contribution in [2.24, 2.45) is 0 Å². The van der Waals surface area contributed by atoms with E-state index >= 15 is 0 Å². The van der Waals surface area contributed by atoms with E-state index in [4.69, 9.17) is 15.2 Å². The summed E-state index contributed by atoms with van der Waals surface area (Å²) in [6, 6.07) is 11.7. The van der Waals surface area contributed by atoms with E-state index in [-0.39, 0.29) is 5.75 Å². The quantitative estimate of drug-likeness (QED) is 0.744. The van der Waals surface area contributed by atoms with Gasteiger partial charge in [0.2, 0.25) is 0 Å². The van der Waals surface area contributed by atoms with Gasteiger partial charge in [0.15, 0.2) is 11.6 Å². The molecule has 0 spiro atoms. The van der Waals surface area contributed by atoms with E-state index in [1.807, 2.05) is 0 Å². The van der Waals surface area contributed by atoms with Crippen LogP contribution in [-0.2, 0) is 0 Å². The van der Waals surface area contributed by atoms with E-state index in [2.05, 4.69) is 4.98 Å². The number of methoxy groups -OCH3 is 1. The van der Waals surface area contributed by atoms with Gasteiger partial charge in [0.1, 0.15) is 17.0 Å². The zero-order valence-corrected chi connectivity index (χ0v) is 11.3. The van der Waals surface area contributed by atoms with Gasteiger partial charge in [-0.3, -0.25) is 4.98 Å². The van der Waals surface area contributed by atoms with E-state index in [1.54, 1.807) is 49.7 Å². The summed E-state index contributed by atoms with van der Waals surface area (Å²) >= 11 is 0. The van der Waals surface area contributed by atoms with Crippen LogP contribution in [0.5, 0.6) is 17.2 Å². The lowest BCUT2D eigenvalue weighted by atomic mass is 10.1. The number of rotatable bonds is 3. The summed E-state index contributed by atoms with van der Waals surface area (Å²) in [6.07, 6.45) is 1.57. The summed E-state index contributed by atoms with van der Waals surface area (Å²) in [5.74, 6) is 0.583. The molecule has 2 aromatic carbocycles. The minimum absolute atomic E-state index is 0.0491. The average molecular weight is 284 g/mol.